The van der Waals surface area contributed by atoms with Crippen molar-refractivity contribution in [3.63, 3.8) is 0 Å². The molecule has 0 heterocycles. The van der Waals surface area contributed by atoms with Gasteiger partial charge in [-0.15, -0.1) is 0 Å². The largest absolute Gasteiger partial charge is 0.370 e. The quantitative estimate of drug-likeness (QED) is 0.120. The molecule has 0 fully saturated rings. The average molecular weight is 434 g/mol. The van der Waals surface area contributed by atoms with Crippen LogP contribution in [0, 0.1) is 0 Å². The summed E-state index contributed by atoms with van der Waals surface area (Å²) in [6.07, 6.45) is 3.53. The summed E-state index contributed by atoms with van der Waals surface area (Å²) in [5, 5.41) is 5.44. The van der Waals surface area contributed by atoms with Crippen molar-refractivity contribution in [1.82, 2.24) is 10.6 Å². The summed E-state index contributed by atoms with van der Waals surface area (Å²) in [6, 6.07) is 7.68. The van der Waals surface area contributed by atoms with Crippen LogP contribution in [-0.2, 0) is 20.8 Å². The molecule has 1 aromatic carbocycles. The van der Waals surface area contributed by atoms with E-state index < -0.39 is 23.9 Å². The second-order valence-electron chi connectivity index (χ2n) is 7.32. The Morgan fingerprint density at radius 1 is 0.903 bits per heavy atom. The van der Waals surface area contributed by atoms with Crippen molar-refractivity contribution in [3.05, 3.63) is 35.9 Å². The zero-order chi connectivity index (χ0) is 23.1. The number of amides is 3. The van der Waals surface area contributed by atoms with Gasteiger partial charge in [-0.3, -0.25) is 19.4 Å². The maximum atomic E-state index is 12.9. The van der Waals surface area contributed by atoms with Gasteiger partial charge in [-0.2, -0.15) is 0 Å². The molecule has 0 radical (unpaired) electrons. The maximum absolute atomic E-state index is 12.9. The van der Waals surface area contributed by atoms with E-state index in [0.29, 0.717) is 45.2 Å². The predicted molar refractivity (Wildman–Crippen MR) is 121 cm³/mol. The van der Waals surface area contributed by atoms with Crippen molar-refractivity contribution in [1.29, 1.82) is 0 Å². The first-order valence-electron chi connectivity index (χ1n) is 10.5. The topological polar surface area (TPSA) is 192 Å². The van der Waals surface area contributed by atoms with Gasteiger partial charge in [0.05, 0.1) is 0 Å². The lowest BCUT2D eigenvalue weighted by molar-refractivity contribution is -0.131. The lowest BCUT2D eigenvalue weighted by Gasteiger charge is -2.22. The second kappa shape index (κ2) is 14.8. The Labute approximate surface area is 183 Å². The van der Waals surface area contributed by atoms with Crippen molar-refractivity contribution in [2.75, 3.05) is 13.1 Å². The summed E-state index contributed by atoms with van der Waals surface area (Å²) in [4.78, 5) is 40.9. The van der Waals surface area contributed by atoms with E-state index in [4.69, 9.17) is 22.9 Å². The predicted octanol–water partition coefficient (Wildman–Crippen LogP) is -0.743. The van der Waals surface area contributed by atoms with Crippen molar-refractivity contribution >= 4 is 23.7 Å². The van der Waals surface area contributed by atoms with Gasteiger partial charge in [0.15, 0.2) is 5.96 Å². The van der Waals surface area contributed by atoms with E-state index in [9.17, 15) is 14.4 Å². The molecule has 0 spiro atoms. The Morgan fingerprint density at radius 2 is 1.61 bits per heavy atom. The summed E-state index contributed by atoms with van der Waals surface area (Å²) < 4.78 is 0. The molecular formula is C21H35N7O3. The van der Waals surface area contributed by atoms with E-state index in [1.165, 1.54) is 0 Å². The number of carbonyl (C=O) groups excluding carboxylic acids is 3. The minimum atomic E-state index is -0.830. The smallest absolute Gasteiger partial charge is 0.243 e. The number of hydrogen-bond acceptors (Lipinski definition) is 5. The van der Waals surface area contributed by atoms with E-state index >= 15 is 0 Å². The monoisotopic (exact) mass is 433 g/mol. The van der Waals surface area contributed by atoms with Gasteiger partial charge in [-0.25, -0.2) is 0 Å². The van der Waals surface area contributed by atoms with Crippen molar-refractivity contribution < 1.29 is 14.4 Å². The number of nitrogens with zero attached hydrogens (tertiary/aromatic N) is 1. The molecule has 1 rings (SSSR count). The molecule has 0 aliphatic carbocycles. The first-order valence-corrected chi connectivity index (χ1v) is 10.5. The zero-order valence-electron chi connectivity index (χ0n) is 17.9. The fourth-order valence-electron chi connectivity index (χ4n) is 2.98. The third-order valence-electron chi connectivity index (χ3n) is 4.65. The molecule has 0 aliphatic rings. The third-order valence-corrected chi connectivity index (χ3v) is 4.65. The van der Waals surface area contributed by atoms with Crippen LogP contribution in [0.4, 0.5) is 0 Å². The molecule has 10 nitrogen and oxygen atoms in total. The first-order chi connectivity index (χ1) is 14.8. The summed E-state index contributed by atoms with van der Waals surface area (Å²) >= 11 is 0. The first kappa shape index (κ1) is 25.9. The van der Waals surface area contributed by atoms with E-state index in [0.717, 1.165) is 12.0 Å². The number of benzene rings is 1. The SMILES string of the molecule is NCCCCC(NC(=O)C(Cc1ccccc1)NC(=O)CCCCN=C(N)N)C(N)=O. The Balaban J connectivity index is 2.73. The Hall–Kier alpha value is -3.14. The van der Waals surface area contributed by atoms with Gasteiger partial charge in [0.2, 0.25) is 17.7 Å². The fourth-order valence-corrected chi connectivity index (χ4v) is 2.98. The second-order valence-corrected chi connectivity index (χ2v) is 7.32. The van der Waals surface area contributed by atoms with Gasteiger partial charge >= 0.3 is 0 Å². The molecule has 31 heavy (non-hydrogen) atoms. The lowest BCUT2D eigenvalue weighted by Crippen LogP contribution is -2.53. The van der Waals surface area contributed by atoms with Gasteiger partial charge in [-0.05, 0) is 44.2 Å². The summed E-state index contributed by atoms with van der Waals surface area (Å²) in [6.45, 7) is 0.932. The molecule has 3 amide bonds. The van der Waals surface area contributed by atoms with Crippen LogP contribution in [0.5, 0.6) is 0 Å². The molecule has 0 bridgehead atoms. The van der Waals surface area contributed by atoms with Gasteiger partial charge in [-0.1, -0.05) is 30.3 Å². The maximum Gasteiger partial charge on any atom is 0.243 e. The number of aliphatic imine (C=N–C) groups is 1. The van der Waals surface area contributed by atoms with Crippen LogP contribution in [0.15, 0.2) is 35.3 Å². The molecule has 0 saturated heterocycles. The summed E-state index contributed by atoms with van der Waals surface area (Å²) in [5.41, 5.74) is 22.3. The molecule has 0 saturated carbocycles. The minimum Gasteiger partial charge on any atom is -0.370 e. The molecule has 2 unspecified atom stereocenters. The highest BCUT2D eigenvalue weighted by Crippen LogP contribution is 2.07. The number of rotatable bonds is 15. The van der Waals surface area contributed by atoms with Gasteiger partial charge in [0.25, 0.3) is 0 Å². The molecule has 10 N–H and O–H groups in total. The van der Waals surface area contributed by atoms with E-state index in [1.807, 2.05) is 30.3 Å². The fraction of sp³-hybridized carbons (Fsp3) is 0.524. The van der Waals surface area contributed by atoms with E-state index in [-0.39, 0.29) is 18.3 Å². The van der Waals surface area contributed by atoms with Gasteiger partial charge < -0.3 is 33.6 Å². The molecule has 1 aromatic rings. The number of hydrogen-bond donors (Lipinski definition) is 6. The Kier molecular flexibility index (Phi) is 12.3. The zero-order valence-corrected chi connectivity index (χ0v) is 17.9. The summed E-state index contributed by atoms with van der Waals surface area (Å²) in [7, 11) is 0. The van der Waals surface area contributed by atoms with Crippen molar-refractivity contribution in [2.45, 2.75) is 57.0 Å². The number of nitrogens with one attached hydrogen (secondary N) is 2. The van der Waals surface area contributed by atoms with Crippen LogP contribution in [0.2, 0.25) is 0 Å². The molecule has 10 heteroatoms. The highest BCUT2D eigenvalue weighted by Gasteiger charge is 2.25. The number of guanidine groups is 1. The van der Waals surface area contributed by atoms with Crippen LogP contribution in [-0.4, -0.2) is 48.9 Å². The van der Waals surface area contributed by atoms with Gasteiger partial charge in [0.1, 0.15) is 12.1 Å². The summed E-state index contributed by atoms with van der Waals surface area (Å²) in [5.74, 6) is -1.32. The van der Waals surface area contributed by atoms with E-state index in [1.54, 1.807) is 0 Å². The van der Waals surface area contributed by atoms with Crippen LogP contribution >= 0.6 is 0 Å². The van der Waals surface area contributed by atoms with Crippen molar-refractivity contribution in [3.8, 4) is 0 Å². The number of nitrogens with two attached hydrogens (primary N) is 4. The van der Waals surface area contributed by atoms with E-state index in [2.05, 4.69) is 15.6 Å². The number of unbranched alkanes of at least 4 members (excludes halogenated alkanes) is 2. The normalized spacial score (nSPS) is 12.4. The number of primary amides is 1. The van der Waals surface area contributed by atoms with Crippen LogP contribution in [0.3, 0.4) is 0 Å². The van der Waals surface area contributed by atoms with Crippen LogP contribution < -0.4 is 33.6 Å². The Morgan fingerprint density at radius 3 is 2.23 bits per heavy atom. The average Bonchev–Trinajstić information content (AvgIpc) is 2.72. The standard InChI is InChI=1S/C21H35N7O3/c22-12-6-4-10-16(19(23)30)28-20(31)17(14-15-8-2-1-3-9-15)27-18(29)11-5-7-13-26-21(24)25/h1-3,8-9,16-17H,4-7,10-14,22H2,(H2,23,30)(H,27,29)(H,28,31)(H4,24,25,26). The van der Waals surface area contributed by atoms with Crippen LogP contribution in [0.25, 0.3) is 0 Å². The molecule has 0 aromatic heterocycles. The molecule has 172 valence electrons. The van der Waals surface area contributed by atoms with Gasteiger partial charge in [0, 0.05) is 19.4 Å². The minimum absolute atomic E-state index is 0.0134. The molecule has 2 atom stereocenters. The number of carbonyl (C=O) groups is 3. The highest BCUT2D eigenvalue weighted by molar-refractivity contribution is 5.91. The van der Waals surface area contributed by atoms with Crippen molar-refractivity contribution in [2.24, 2.45) is 27.9 Å². The Bertz CT molecular complexity index is 721. The van der Waals surface area contributed by atoms with Crippen LogP contribution in [0.1, 0.15) is 44.1 Å². The highest BCUT2D eigenvalue weighted by atomic mass is 16.2. The molecular weight excluding hydrogens is 398 g/mol. The third kappa shape index (κ3) is 11.6. The lowest BCUT2D eigenvalue weighted by atomic mass is 10.0. The molecule has 0 aliphatic heterocycles.